The van der Waals surface area contributed by atoms with E-state index in [2.05, 4.69) is 26.5 Å². The number of nitrogens with zero attached hydrogens (tertiary/aromatic N) is 2. The summed E-state index contributed by atoms with van der Waals surface area (Å²) in [4.78, 5) is 22.1. The molecule has 2 aromatic rings. The minimum Gasteiger partial charge on any atom is -0.454 e. The van der Waals surface area contributed by atoms with Gasteiger partial charge in [0.1, 0.15) is 0 Å². The zero-order valence-corrected chi connectivity index (χ0v) is 13.6. The lowest BCUT2D eigenvalue weighted by Crippen LogP contribution is -2.17. The Labute approximate surface area is 144 Å². The van der Waals surface area contributed by atoms with Crippen LogP contribution in [-0.4, -0.2) is 23.8 Å². The Bertz CT molecular complexity index is 853. The number of hydrogen-bond acceptors (Lipinski definition) is 6. The molecule has 0 aliphatic carbocycles. The van der Waals surface area contributed by atoms with Crippen molar-refractivity contribution in [3.63, 3.8) is 0 Å². The topological polar surface area (TPSA) is 103 Å². The highest BCUT2D eigenvalue weighted by atomic mass is 79.9. The molecule has 0 radical (unpaired) electrons. The van der Waals surface area contributed by atoms with Crippen LogP contribution in [0.2, 0.25) is 0 Å². The summed E-state index contributed by atoms with van der Waals surface area (Å²) in [6.07, 6.45) is 1.43. The lowest BCUT2D eigenvalue weighted by molar-refractivity contribution is -0.384. The molecule has 0 aromatic heterocycles. The van der Waals surface area contributed by atoms with Crippen LogP contribution in [-0.2, 0) is 0 Å². The van der Waals surface area contributed by atoms with Crippen LogP contribution in [0.5, 0.6) is 11.5 Å². The molecular weight excluding hydrogens is 382 g/mol. The Hall–Kier alpha value is -2.94. The monoisotopic (exact) mass is 391 g/mol. The molecule has 1 N–H and O–H groups in total. The van der Waals surface area contributed by atoms with Crippen molar-refractivity contribution in [3.05, 3.63) is 62.1 Å². The molecule has 3 rings (SSSR count). The lowest BCUT2D eigenvalue weighted by atomic mass is 10.2. The van der Waals surface area contributed by atoms with E-state index in [1.54, 1.807) is 12.1 Å². The summed E-state index contributed by atoms with van der Waals surface area (Å²) >= 11 is 3.37. The Morgan fingerprint density at radius 2 is 2.04 bits per heavy atom. The van der Waals surface area contributed by atoms with Gasteiger partial charge in [-0.25, -0.2) is 5.43 Å². The minimum absolute atomic E-state index is 0.145. The first-order valence-electron chi connectivity index (χ1n) is 6.71. The molecule has 8 nitrogen and oxygen atoms in total. The third-order valence-corrected chi connectivity index (χ3v) is 3.87. The Kier molecular flexibility index (Phi) is 4.43. The van der Waals surface area contributed by atoms with Crippen LogP contribution in [0.1, 0.15) is 15.9 Å². The SMILES string of the molecule is O=C(N/N=C/c1cc2c(cc1Br)OCO2)c1cccc([N+](=O)[O-])c1. The average Bonchev–Trinajstić information content (AvgIpc) is 3.02. The number of fused-ring (bicyclic) bond motifs is 1. The summed E-state index contributed by atoms with van der Waals surface area (Å²) in [6.45, 7) is 0.159. The van der Waals surface area contributed by atoms with Crippen molar-refractivity contribution in [1.82, 2.24) is 5.43 Å². The highest BCUT2D eigenvalue weighted by Gasteiger charge is 2.15. The highest BCUT2D eigenvalue weighted by Crippen LogP contribution is 2.36. The van der Waals surface area contributed by atoms with Gasteiger partial charge in [0.25, 0.3) is 11.6 Å². The number of nitro benzene ring substituents is 1. The number of halogens is 1. The summed E-state index contributed by atoms with van der Waals surface area (Å²) in [5.41, 5.74) is 2.99. The van der Waals surface area contributed by atoms with E-state index in [0.29, 0.717) is 17.1 Å². The second kappa shape index (κ2) is 6.67. The zero-order chi connectivity index (χ0) is 17.1. The van der Waals surface area contributed by atoms with Crippen molar-refractivity contribution in [2.45, 2.75) is 0 Å². The van der Waals surface area contributed by atoms with Crippen molar-refractivity contribution in [2.75, 3.05) is 6.79 Å². The molecule has 1 aliphatic heterocycles. The molecule has 2 aromatic carbocycles. The van der Waals surface area contributed by atoms with Gasteiger partial charge in [-0.2, -0.15) is 5.10 Å². The molecule has 0 fully saturated rings. The van der Waals surface area contributed by atoms with Gasteiger partial charge in [0, 0.05) is 27.7 Å². The van der Waals surface area contributed by atoms with E-state index < -0.39 is 10.8 Å². The largest absolute Gasteiger partial charge is 0.454 e. The van der Waals surface area contributed by atoms with Crippen molar-refractivity contribution < 1.29 is 19.2 Å². The number of carbonyl (C=O) groups excluding carboxylic acids is 1. The third kappa shape index (κ3) is 3.35. The van der Waals surface area contributed by atoms with Gasteiger partial charge in [0.15, 0.2) is 11.5 Å². The Morgan fingerprint density at radius 1 is 1.29 bits per heavy atom. The van der Waals surface area contributed by atoms with E-state index in [1.165, 1.54) is 30.5 Å². The van der Waals surface area contributed by atoms with E-state index in [9.17, 15) is 14.9 Å². The molecular formula is C15H10BrN3O5. The van der Waals surface area contributed by atoms with E-state index >= 15 is 0 Å². The van der Waals surface area contributed by atoms with Crippen molar-refractivity contribution >= 4 is 33.7 Å². The van der Waals surface area contributed by atoms with Crippen LogP contribution in [0.3, 0.4) is 0 Å². The van der Waals surface area contributed by atoms with Gasteiger partial charge >= 0.3 is 0 Å². The van der Waals surface area contributed by atoms with Gasteiger partial charge < -0.3 is 9.47 Å². The standard InChI is InChI=1S/C15H10BrN3O5/c16-12-6-14-13(23-8-24-14)5-10(12)7-17-18-15(20)9-2-1-3-11(4-9)19(21)22/h1-7H,8H2,(H,18,20)/b17-7+. The number of benzene rings is 2. The lowest BCUT2D eigenvalue weighted by Gasteiger charge is -2.02. The van der Waals surface area contributed by atoms with Gasteiger partial charge in [-0.3, -0.25) is 14.9 Å². The summed E-state index contributed by atoms with van der Waals surface area (Å²) in [5, 5.41) is 14.6. The first-order valence-corrected chi connectivity index (χ1v) is 7.51. The zero-order valence-electron chi connectivity index (χ0n) is 12.1. The van der Waals surface area contributed by atoms with Crippen LogP contribution in [0.15, 0.2) is 46.0 Å². The molecule has 0 saturated carbocycles. The molecule has 0 spiro atoms. The fourth-order valence-electron chi connectivity index (χ4n) is 2.02. The predicted molar refractivity (Wildman–Crippen MR) is 88.4 cm³/mol. The van der Waals surface area contributed by atoms with Gasteiger partial charge in [0.2, 0.25) is 6.79 Å². The molecule has 122 valence electrons. The predicted octanol–water partition coefficient (Wildman–Crippen LogP) is 2.85. The second-order valence-corrected chi connectivity index (χ2v) is 5.59. The Morgan fingerprint density at radius 3 is 2.79 bits per heavy atom. The summed E-state index contributed by atoms with van der Waals surface area (Å²) in [6, 6.07) is 8.85. The van der Waals surface area contributed by atoms with Crippen molar-refractivity contribution in [3.8, 4) is 11.5 Å². The van der Waals surface area contributed by atoms with Crippen molar-refractivity contribution in [2.24, 2.45) is 5.10 Å². The first-order chi connectivity index (χ1) is 11.5. The van der Waals surface area contributed by atoms with Crippen LogP contribution in [0, 0.1) is 10.1 Å². The number of non-ortho nitro benzene ring substituents is 1. The number of carbonyl (C=O) groups is 1. The van der Waals surface area contributed by atoms with Crippen LogP contribution in [0.25, 0.3) is 0 Å². The molecule has 1 aliphatic rings. The molecule has 1 amide bonds. The fourth-order valence-corrected chi connectivity index (χ4v) is 2.44. The number of ether oxygens (including phenoxy) is 2. The maximum absolute atomic E-state index is 12.0. The molecule has 24 heavy (non-hydrogen) atoms. The number of hydrazone groups is 1. The molecule has 0 saturated heterocycles. The maximum Gasteiger partial charge on any atom is 0.271 e. The van der Waals surface area contributed by atoms with Gasteiger partial charge in [-0.1, -0.05) is 6.07 Å². The molecule has 1 heterocycles. The third-order valence-electron chi connectivity index (χ3n) is 3.18. The number of rotatable bonds is 4. The van der Waals surface area contributed by atoms with E-state index in [4.69, 9.17) is 9.47 Å². The summed E-state index contributed by atoms with van der Waals surface area (Å²) < 4.78 is 11.2. The molecule has 0 bridgehead atoms. The Balaban J connectivity index is 1.71. The summed E-state index contributed by atoms with van der Waals surface area (Å²) in [7, 11) is 0. The fraction of sp³-hybridized carbons (Fsp3) is 0.0667. The summed E-state index contributed by atoms with van der Waals surface area (Å²) in [5.74, 6) is 0.663. The van der Waals surface area contributed by atoms with Gasteiger partial charge in [0.05, 0.1) is 11.1 Å². The van der Waals surface area contributed by atoms with Crippen LogP contribution >= 0.6 is 15.9 Å². The number of amides is 1. The highest BCUT2D eigenvalue weighted by molar-refractivity contribution is 9.10. The van der Waals surface area contributed by atoms with Gasteiger partial charge in [-0.15, -0.1) is 0 Å². The van der Waals surface area contributed by atoms with E-state index in [0.717, 1.165) is 4.47 Å². The number of nitro groups is 1. The number of nitrogens with one attached hydrogen (secondary N) is 1. The minimum atomic E-state index is -0.566. The quantitative estimate of drug-likeness (QED) is 0.490. The average molecular weight is 392 g/mol. The van der Waals surface area contributed by atoms with Crippen LogP contribution in [0.4, 0.5) is 5.69 Å². The van der Waals surface area contributed by atoms with Crippen molar-refractivity contribution in [1.29, 1.82) is 0 Å². The molecule has 0 unspecified atom stereocenters. The van der Waals surface area contributed by atoms with Crippen LogP contribution < -0.4 is 14.9 Å². The van der Waals surface area contributed by atoms with Gasteiger partial charge in [-0.05, 0) is 34.1 Å². The smallest absolute Gasteiger partial charge is 0.271 e. The maximum atomic E-state index is 12.0. The molecule has 0 atom stereocenters. The second-order valence-electron chi connectivity index (χ2n) is 4.73. The van der Waals surface area contributed by atoms with E-state index in [-0.39, 0.29) is 18.0 Å². The number of hydrogen-bond donors (Lipinski definition) is 1. The molecule has 9 heteroatoms. The van der Waals surface area contributed by atoms with E-state index in [1.807, 2.05) is 0 Å². The first kappa shape index (κ1) is 15.9. The normalized spacial score (nSPS) is 12.4.